The second-order valence-electron chi connectivity index (χ2n) is 7.40. The highest BCUT2D eigenvalue weighted by molar-refractivity contribution is 5.93. The lowest BCUT2D eigenvalue weighted by Crippen LogP contribution is -2.15. The number of nitrogens with zero attached hydrogens (tertiary/aromatic N) is 3. The number of anilines is 2. The van der Waals surface area contributed by atoms with Gasteiger partial charge in [0.15, 0.2) is 5.82 Å². The van der Waals surface area contributed by atoms with Gasteiger partial charge in [0.05, 0.1) is 6.42 Å². The molecule has 0 aliphatic carbocycles. The average molecular weight is 375 g/mol. The first-order valence-electron chi connectivity index (χ1n) is 9.77. The number of fused-ring (bicyclic) bond motifs is 1. The molecule has 0 saturated carbocycles. The SMILES string of the molecule is Cc1ccc(-c2nnc3n2CCCCC3)cc1NC(=O)Cc1ccc(N)cc1. The molecule has 3 aromatic rings. The van der Waals surface area contributed by atoms with Gasteiger partial charge in [-0.15, -0.1) is 10.2 Å². The number of carbonyl (C=O) groups is 1. The number of amides is 1. The summed E-state index contributed by atoms with van der Waals surface area (Å²) in [5.41, 5.74) is 10.1. The molecule has 2 aromatic carbocycles. The van der Waals surface area contributed by atoms with Crippen molar-refractivity contribution in [3.8, 4) is 11.4 Å². The lowest BCUT2D eigenvalue weighted by atomic mass is 10.1. The standard InChI is InChI=1S/C22H25N5O/c1-15-6-9-17(22-26-25-20-5-3-2-4-12-27(20)22)14-19(15)24-21(28)13-16-7-10-18(23)11-8-16/h6-11,14H,2-5,12-13,23H2,1H3,(H,24,28). The summed E-state index contributed by atoms with van der Waals surface area (Å²) in [5.74, 6) is 1.89. The molecular weight excluding hydrogens is 350 g/mol. The van der Waals surface area contributed by atoms with Crippen molar-refractivity contribution in [1.29, 1.82) is 0 Å². The van der Waals surface area contributed by atoms with Gasteiger partial charge in [-0.1, -0.05) is 30.7 Å². The predicted octanol–water partition coefficient (Wildman–Crippen LogP) is 3.74. The van der Waals surface area contributed by atoms with Crippen LogP contribution in [0, 0.1) is 6.92 Å². The number of nitrogens with two attached hydrogens (primary N) is 1. The van der Waals surface area contributed by atoms with Gasteiger partial charge in [0.2, 0.25) is 5.91 Å². The maximum Gasteiger partial charge on any atom is 0.228 e. The molecule has 0 atom stereocenters. The molecule has 1 aliphatic rings. The Balaban J connectivity index is 1.55. The van der Waals surface area contributed by atoms with Gasteiger partial charge < -0.3 is 15.6 Å². The highest BCUT2D eigenvalue weighted by Gasteiger charge is 2.17. The molecule has 2 heterocycles. The van der Waals surface area contributed by atoms with Crippen LogP contribution < -0.4 is 11.1 Å². The minimum Gasteiger partial charge on any atom is -0.399 e. The Bertz CT molecular complexity index is 991. The Labute approximate surface area is 164 Å². The molecule has 144 valence electrons. The average Bonchev–Trinajstić information content (AvgIpc) is 2.93. The number of hydrogen-bond donors (Lipinski definition) is 2. The molecule has 6 heteroatoms. The summed E-state index contributed by atoms with van der Waals surface area (Å²) >= 11 is 0. The van der Waals surface area contributed by atoms with E-state index in [1.54, 1.807) is 0 Å². The fourth-order valence-electron chi connectivity index (χ4n) is 3.61. The van der Waals surface area contributed by atoms with Crippen LogP contribution in [0.25, 0.3) is 11.4 Å². The molecule has 0 spiro atoms. The third-order valence-corrected chi connectivity index (χ3v) is 5.22. The fraction of sp³-hybridized carbons (Fsp3) is 0.318. The topological polar surface area (TPSA) is 85.8 Å². The zero-order valence-electron chi connectivity index (χ0n) is 16.1. The summed E-state index contributed by atoms with van der Waals surface area (Å²) in [5, 5.41) is 11.8. The van der Waals surface area contributed by atoms with Crippen LogP contribution in [0.15, 0.2) is 42.5 Å². The summed E-state index contributed by atoms with van der Waals surface area (Å²) in [6, 6.07) is 13.4. The molecule has 28 heavy (non-hydrogen) atoms. The second-order valence-corrected chi connectivity index (χ2v) is 7.40. The van der Waals surface area contributed by atoms with Gasteiger partial charge in [0, 0.05) is 29.9 Å². The lowest BCUT2D eigenvalue weighted by molar-refractivity contribution is -0.115. The van der Waals surface area contributed by atoms with E-state index in [-0.39, 0.29) is 5.91 Å². The summed E-state index contributed by atoms with van der Waals surface area (Å²) in [6.07, 6.45) is 4.82. The highest BCUT2D eigenvalue weighted by Crippen LogP contribution is 2.27. The molecule has 0 bridgehead atoms. The molecule has 0 unspecified atom stereocenters. The van der Waals surface area contributed by atoms with E-state index in [2.05, 4.69) is 20.1 Å². The van der Waals surface area contributed by atoms with E-state index >= 15 is 0 Å². The number of hydrogen-bond acceptors (Lipinski definition) is 4. The number of nitrogens with one attached hydrogen (secondary N) is 1. The Morgan fingerprint density at radius 2 is 1.93 bits per heavy atom. The Morgan fingerprint density at radius 1 is 1.11 bits per heavy atom. The molecular formula is C22H25N5O. The zero-order chi connectivity index (χ0) is 19.5. The number of benzene rings is 2. The third-order valence-electron chi connectivity index (χ3n) is 5.22. The number of carbonyl (C=O) groups excluding carboxylic acids is 1. The molecule has 6 nitrogen and oxygen atoms in total. The van der Waals surface area contributed by atoms with Crippen molar-refractivity contribution in [3.05, 3.63) is 59.4 Å². The first-order chi connectivity index (χ1) is 13.6. The lowest BCUT2D eigenvalue weighted by Gasteiger charge is -2.12. The van der Waals surface area contributed by atoms with E-state index < -0.39 is 0 Å². The van der Waals surface area contributed by atoms with E-state index in [0.717, 1.165) is 53.4 Å². The molecule has 4 rings (SSSR count). The van der Waals surface area contributed by atoms with Crippen molar-refractivity contribution in [2.75, 3.05) is 11.1 Å². The summed E-state index contributed by atoms with van der Waals surface area (Å²) < 4.78 is 2.22. The number of nitrogen functional groups attached to an aromatic ring is 1. The fourth-order valence-corrected chi connectivity index (χ4v) is 3.61. The maximum absolute atomic E-state index is 12.5. The molecule has 0 radical (unpaired) electrons. The molecule has 0 fully saturated rings. The first kappa shape index (κ1) is 18.2. The summed E-state index contributed by atoms with van der Waals surface area (Å²) in [4.78, 5) is 12.5. The maximum atomic E-state index is 12.5. The summed E-state index contributed by atoms with van der Waals surface area (Å²) in [7, 11) is 0. The van der Waals surface area contributed by atoms with Gasteiger partial charge in [-0.3, -0.25) is 4.79 Å². The van der Waals surface area contributed by atoms with Crippen LogP contribution in [-0.4, -0.2) is 20.7 Å². The number of rotatable bonds is 4. The minimum atomic E-state index is -0.0508. The van der Waals surface area contributed by atoms with Crippen molar-refractivity contribution in [2.24, 2.45) is 0 Å². The summed E-state index contributed by atoms with van der Waals surface area (Å²) in [6.45, 7) is 2.94. The minimum absolute atomic E-state index is 0.0508. The normalized spacial score (nSPS) is 13.6. The predicted molar refractivity (Wildman–Crippen MR) is 111 cm³/mol. The van der Waals surface area contributed by atoms with E-state index in [4.69, 9.17) is 5.73 Å². The van der Waals surface area contributed by atoms with E-state index in [0.29, 0.717) is 12.1 Å². The van der Waals surface area contributed by atoms with Crippen molar-refractivity contribution < 1.29 is 4.79 Å². The van der Waals surface area contributed by atoms with Crippen LogP contribution >= 0.6 is 0 Å². The van der Waals surface area contributed by atoms with Gasteiger partial charge in [-0.25, -0.2) is 0 Å². The Morgan fingerprint density at radius 3 is 2.75 bits per heavy atom. The quantitative estimate of drug-likeness (QED) is 0.680. The zero-order valence-corrected chi connectivity index (χ0v) is 16.1. The van der Waals surface area contributed by atoms with Gasteiger partial charge >= 0.3 is 0 Å². The molecule has 0 saturated heterocycles. The van der Waals surface area contributed by atoms with Crippen molar-refractivity contribution in [1.82, 2.24) is 14.8 Å². The van der Waals surface area contributed by atoms with Crippen LogP contribution in [0.4, 0.5) is 11.4 Å². The van der Waals surface area contributed by atoms with Crippen LogP contribution in [0.1, 0.15) is 36.2 Å². The molecule has 1 amide bonds. The number of aromatic nitrogens is 3. The largest absolute Gasteiger partial charge is 0.399 e. The molecule has 1 aromatic heterocycles. The Kier molecular flexibility index (Phi) is 5.10. The van der Waals surface area contributed by atoms with Crippen LogP contribution in [-0.2, 0) is 24.2 Å². The van der Waals surface area contributed by atoms with Gasteiger partial charge in [-0.05, 0) is 49.1 Å². The van der Waals surface area contributed by atoms with Crippen molar-refractivity contribution in [3.63, 3.8) is 0 Å². The van der Waals surface area contributed by atoms with Crippen LogP contribution in [0.2, 0.25) is 0 Å². The molecule has 3 N–H and O–H groups in total. The smallest absolute Gasteiger partial charge is 0.228 e. The van der Waals surface area contributed by atoms with E-state index in [1.807, 2.05) is 49.4 Å². The van der Waals surface area contributed by atoms with Crippen molar-refractivity contribution >= 4 is 17.3 Å². The Hall–Kier alpha value is -3.15. The van der Waals surface area contributed by atoms with E-state index in [9.17, 15) is 4.79 Å². The van der Waals surface area contributed by atoms with Crippen molar-refractivity contribution in [2.45, 2.75) is 45.6 Å². The van der Waals surface area contributed by atoms with Crippen LogP contribution in [0.5, 0.6) is 0 Å². The van der Waals surface area contributed by atoms with Crippen LogP contribution in [0.3, 0.4) is 0 Å². The van der Waals surface area contributed by atoms with Gasteiger partial charge in [0.25, 0.3) is 0 Å². The van der Waals surface area contributed by atoms with Gasteiger partial charge in [-0.2, -0.15) is 0 Å². The second kappa shape index (κ2) is 7.84. The van der Waals surface area contributed by atoms with E-state index in [1.165, 1.54) is 12.8 Å². The monoisotopic (exact) mass is 375 g/mol. The van der Waals surface area contributed by atoms with Gasteiger partial charge in [0.1, 0.15) is 5.82 Å². The molecule has 1 aliphatic heterocycles. The number of aryl methyl sites for hydroxylation is 2. The third kappa shape index (κ3) is 3.91. The highest BCUT2D eigenvalue weighted by atomic mass is 16.1. The first-order valence-corrected chi connectivity index (χ1v) is 9.77.